The number of carbonyl (C=O) groups is 2. The number of anilines is 1. The van der Waals surface area contributed by atoms with E-state index < -0.39 is 0 Å². The lowest BCUT2D eigenvalue weighted by Gasteiger charge is -2.37. The summed E-state index contributed by atoms with van der Waals surface area (Å²) in [6.45, 7) is 4.74. The zero-order valence-corrected chi connectivity index (χ0v) is 14.7. The summed E-state index contributed by atoms with van der Waals surface area (Å²) in [5.74, 6) is 0.210. The SMILES string of the molecule is CCC(=O)N1CCCCC1C(=O)N1CCN(C)c2ccccc2C1. The monoisotopic (exact) mass is 329 g/mol. The number of likely N-dealkylation sites (N-methyl/N-ethyl adjacent to an activating group) is 1. The van der Waals surface area contributed by atoms with Crippen LogP contribution in [0.1, 0.15) is 38.2 Å². The van der Waals surface area contributed by atoms with E-state index in [9.17, 15) is 9.59 Å². The summed E-state index contributed by atoms with van der Waals surface area (Å²) < 4.78 is 0. The van der Waals surface area contributed by atoms with Crippen molar-refractivity contribution in [3.8, 4) is 0 Å². The van der Waals surface area contributed by atoms with Crippen molar-refractivity contribution in [2.45, 2.75) is 45.2 Å². The highest BCUT2D eigenvalue weighted by atomic mass is 16.2. The van der Waals surface area contributed by atoms with Crippen molar-refractivity contribution >= 4 is 17.5 Å². The molecule has 1 saturated heterocycles. The molecule has 0 spiro atoms. The summed E-state index contributed by atoms with van der Waals surface area (Å²) in [6.07, 6.45) is 3.28. The van der Waals surface area contributed by atoms with Crippen LogP contribution in [0.4, 0.5) is 5.69 Å². The zero-order chi connectivity index (χ0) is 17.1. The van der Waals surface area contributed by atoms with Crippen LogP contribution in [-0.2, 0) is 16.1 Å². The molecule has 0 saturated carbocycles. The van der Waals surface area contributed by atoms with Gasteiger partial charge in [-0.1, -0.05) is 25.1 Å². The van der Waals surface area contributed by atoms with Crippen LogP contribution in [0, 0.1) is 0 Å². The molecule has 130 valence electrons. The lowest BCUT2D eigenvalue weighted by molar-refractivity contribution is -0.147. The molecular weight excluding hydrogens is 302 g/mol. The molecule has 2 heterocycles. The van der Waals surface area contributed by atoms with Gasteiger partial charge in [0.2, 0.25) is 11.8 Å². The Morgan fingerprint density at radius 1 is 1.12 bits per heavy atom. The molecule has 2 aliphatic heterocycles. The molecule has 0 N–H and O–H groups in total. The summed E-state index contributed by atoms with van der Waals surface area (Å²) >= 11 is 0. The second-order valence-corrected chi connectivity index (χ2v) is 6.76. The van der Waals surface area contributed by atoms with E-state index >= 15 is 0 Å². The molecule has 0 radical (unpaired) electrons. The maximum absolute atomic E-state index is 13.2. The Labute approximate surface area is 144 Å². The Kier molecular flexibility index (Phi) is 5.07. The van der Waals surface area contributed by atoms with Gasteiger partial charge in [0.15, 0.2) is 0 Å². The lowest BCUT2D eigenvalue weighted by atomic mass is 10.00. The van der Waals surface area contributed by atoms with Gasteiger partial charge >= 0.3 is 0 Å². The third-order valence-corrected chi connectivity index (χ3v) is 5.19. The molecule has 5 heteroatoms. The number of likely N-dealkylation sites (tertiary alicyclic amines) is 1. The summed E-state index contributed by atoms with van der Waals surface area (Å²) in [5, 5.41) is 0. The number of hydrogen-bond acceptors (Lipinski definition) is 3. The predicted octanol–water partition coefficient (Wildman–Crippen LogP) is 2.26. The van der Waals surface area contributed by atoms with Gasteiger partial charge in [0.25, 0.3) is 0 Å². The Balaban J connectivity index is 1.80. The van der Waals surface area contributed by atoms with Crippen LogP contribution in [0.3, 0.4) is 0 Å². The number of hydrogen-bond donors (Lipinski definition) is 0. The first kappa shape index (κ1) is 16.8. The summed E-state index contributed by atoms with van der Waals surface area (Å²) in [5.41, 5.74) is 2.37. The van der Waals surface area contributed by atoms with E-state index in [-0.39, 0.29) is 17.9 Å². The van der Waals surface area contributed by atoms with Crippen molar-refractivity contribution in [2.75, 3.05) is 31.6 Å². The van der Waals surface area contributed by atoms with E-state index in [4.69, 9.17) is 0 Å². The number of rotatable bonds is 2. The topological polar surface area (TPSA) is 43.9 Å². The van der Waals surface area contributed by atoms with Gasteiger partial charge in [0.05, 0.1) is 0 Å². The Morgan fingerprint density at radius 3 is 2.71 bits per heavy atom. The van der Waals surface area contributed by atoms with Crippen molar-refractivity contribution in [3.05, 3.63) is 29.8 Å². The van der Waals surface area contributed by atoms with Gasteiger partial charge < -0.3 is 14.7 Å². The van der Waals surface area contributed by atoms with Gasteiger partial charge in [0.1, 0.15) is 6.04 Å². The minimum absolute atomic E-state index is 0.0976. The zero-order valence-electron chi connectivity index (χ0n) is 14.7. The standard InChI is InChI=1S/C19H27N3O2/c1-3-18(23)22-11-7-6-10-17(22)19(24)21-13-12-20(2)16-9-5-4-8-15(16)14-21/h4-5,8-9,17H,3,6-7,10-14H2,1-2H3. The van der Waals surface area contributed by atoms with Crippen LogP contribution < -0.4 is 4.90 Å². The van der Waals surface area contributed by atoms with Gasteiger partial charge in [-0.15, -0.1) is 0 Å². The van der Waals surface area contributed by atoms with Gasteiger partial charge in [-0.05, 0) is 30.9 Å². The molecule has 0 bridgehead atoms. The molecule has 0 aliphatic carbocycles. The van der Waals surface area contributed by atoms with Crippen LogP contribution in [-0.4, -0.2) is 54.3 Å². The minimum Gasteiger partial charge on any atom is -0.373 e. The number of carbonyl (C=O) groups excluding carboxylic acids is 2. The second-order valence-electron chi connectivity index (χ2n) is 6.76. The van der Waals surface area contributed by atoms with Crippen molar-refractivity contribution in [2.24, 2.45) is 0 Å². The van der Waals surface area contributed by atoms with E-state index in [1.807, 2.05) is 28.9 Å². The van der Waals surface area contributed by atoms with E-state index in [2.05, 4.69) is 24.1 Å². The van der Waals surface area contributed by atoms with E-state index in [0.717, 1.165) is 25.8 Å². The minimum atomic E-state index is -0.276. The Morgan fingerprint density at radius 2 is 1.92 bits per heavy atom. The predicted molar refractivity (Wildman–Crippen MR) is 94.8 cm³/mol. The molecule has 1 fully saturated rings. The number of para-hydroxylation sites is 1. The average molecular weight is 329 g/mol. The smallest absolute Gasteiger partial charge is 0.245 e. The summed E-state index contributed by atoms with van der Waals surface area (Å²) in [7, 11) is 2.07. The molecule has 1 aromatic rings. The molecule has 3 rings (SSSR count). The first-order chi connectivity index (χ1) is 11.6. The van der Waals surface area contributed by atoms with Crippen molar-refractivity contribution < 1.29 is 9.59 Å². The molecular formula is C19H27N3O2. The lowest BCUT2D eigenvalue weighted by Crippen LogP contribution is -2.53. The first-order valence-corrected chi connectivity index (χ1v) is 8.99. The van der Waals surface area contributed by atoms with Gasteiger partial charge in [-0.25, -0.2) is 0 Å². The number of benzene rings is 1. The normalized spacial score (nSPS) is 21.2. The highest BCUT2D eigenvalue weighted by molar-refractivity contribution is 5.88. The largest absolute Gasteiger partial charge is 0.373 e. The number of amides is 2. The van der Waals surface area contributed by atoms with Crippen molar-refractivity contribution in [3.63, 3.8) is 0 Å². The summed E-state index contributed by atoms with van der Waals surface area (Å²) in [6, 6.07) is 7.98. The van der Waals surface area contributed by atoms with Crippen LogP contribution in [0.2, 0.25) is 0 Å². The average Bonchev–Trinajstić information content (AvgIpc) is 2.80. The van der Waals surface area contributed by atoms with Crippen LogP contribution in [0.25, 0.3) is 0 Å². The Bertz CT molecular complexity index is 616. The molecule has 1 aromatic carbocycles. The highest BCUT2D eigenvalue weighted by Crippen LogP contribution is 2.26. The van der Waals surface area contributed by atoms with Gasteiger partial charge in [0, 0.05) is 45.3 Å². The molecule has 24 heavy (non-hydrogen) atoms. The molecule has 2 aliphatic rings. The number of piperidine rings is 1. The molecule has 1 unspecified atom stereocenters. The number of nitrogens with zero attached hydrogens (tertiary/aromatic N) is 3. The fourth-order valence-electron chi connectivity index (χ4n) is 3.78. The van der Waals surface area contributed by atoms with Crippen molar-refractivity contribution in [1.29, 1.82) is 0 Å². The maximum atomic E-state index is 13.2. The first-order valence-electron chi connectivity index (χ1n) is 8.99. The second kappa shape index (κ2) is 7.24. The van der Waals surface area contributed by atoms with E-state index in [1.165, 1.54) is 11.3 Å². The van der Waals surface area contributed by atoms with Gasteiger partial charge in [-0.3, -0.25) is 9.59 Å². The van der Waals surface area contributed by atoms with Crippen molar-refractivity contribution in [1.82, 2.24) is 9.80 Å². The quantitative estimate of drug-likeness (QED) is 0.836. The highest BCUT2D eigenvalue weighted by Gasteiger charge is 2.35. The molecule has 1 atom stereocenters. The van der Waals surface area contributed by atoms with E-state index in [0.29, 0.717) is 26.1 Å². The van der Waals surface area contributed by atoms with Crippen LogP contribution in [0.5, 0.6) is 0 Å². The van der Waals surface area contributed by atoms with E-state index in [1.54, 1.807) is 0 Å². The van der Waals surface area contributed by atoms with Crippen LogP contribution >= 0.6 is 0 Å². The van der Waals surface area contributed by atoms with Crippen LogP contribution in [0.15, 0.2) is 24.3 Å². The molecule has 2 amide bonds. The summed E-state index contributed by atoms with van der Waals surface area (Å²) in [4.78, 5) is 31.4. The molecule has 5 nitrogen and oxygen atoms in total. The third-order valence-electron chi connectivity index (χ3n) is 5.19. The molecule has 0 aromatic heterocycles. The number of fused-ring (bicyclic) bond motifs is 1. The fraction of sp³-hybridized carbons (Fsp3) is 0.579. The fourth-order valence-corrected chi connectivity index (χ4v) is 3.78. The Hall–Kier alpha value is -2.04. The third kappa shape index (κ3) is 3.25. The maximum Gasteiger partial charge on any atom is 0.245 e. The van der Waals surface area contributed by atoms with Gasteiger partial charge in [-0.2, -0.15) is 0 Å².